The first-order valence-electron chi connectivity index (χ1n) is 8.39. The van der Waals surface area contributed by atoms with E-state index in [0.29, 0.717) is 19.4 Å². The molecule has 1 N–H and O–H groups in total. The Kier molecular flexibility index (Phi) is 5.04. The van der Waals surface area contributed by atoms with Crippen molar-refractivity contribution in [2.45, 2.75) is 19.4 Å². The molecule has 2 heterocycles. The highest BCUT2D eigenvalue weighted by Crippen LogP contribution is 2.23. The topological polar surface area (TPSA) is 54.9 Å². The maximum absolute atomic E-state index is 12.1. The molecule has 0 saturated carbocycles. The van der Waals surface area contributed by atoms with Gasteiger partial charge in [0, 0.05) is 23.8 Å². The molecular weight excluding hydrogens is 362 g/mol. The van der Waals surface area contributed by atoms with Crippen LogP contribution in [0.1, 0.15) is 16.4 Å². The number of fused-ring (bicyclic) bond motifs is 1. The van der Waals surface area contributed by atoms with Gasteiger partial charge in [0.1, 0.15) is 5.01 Å². The summed E-state index contributed by atoms with van der Waals surface area (Å²) in [5.74, 6) is 0.0284. The van der Waals surface area contributed by atoms with Crippen molar-refractivity contribution in [1.82, 2.24) is 15.3 Å². The minimum atomic E-state index is 0.0284. The van der Waals surface area contributed by atoms with Crippen molar-refractivity contribution in [3.63, 3.8) is 0 Å². The van der Waals surface area contributed by atoms with Crippen LogP contribution in [-0.4, -0.2) is 15.9 Å². The Morgan fingerprint density at radius 2 is 1.77 bits per heavy atom. The fraction of sp³-hybridized carbons (Fsp3) is 0.150. The van der Waals surface area contributed by atoms with Crippen molar-refractivity contribution in [3.8, 4) is 11.3 Å². The molecule has 0 fully saturated rings. The molecule has 0 aliphatic heterocycles. The van der Waals surface area contributed by atoms with Gasteiger partial charge in [-0.3, -0.25) is 4.79 Å². The Hall–Kier alpha value is -2.57. The van der Waals surface area contributed by atoms with Gasteiger partial charge in [-0.1, -0.05) is 42.5 Å². The number of benzene rings is 2. The molecule has 4 aromatic rings. The Morgan fingerprint density at radius 3 is 2.62 bits per heavy atom. The lowest BCUT2D eigenvalue weighted by Crippen LogP contribution is -2.22. The summed E-state index contributed by atoms with van der Waals surface area (Å²) in [7, 11) is 0. The lowest BCUT2D eigenvalue weighted by atomic mass is 10.2. The fourth-order valence-corrected chi connectivity index (χ4v) is 4.35. The van der Waals surface area contributed by atoms with Crippen LogP contribution in [0.3, 0.4) is 0 Å². The number of amides is 1. The highest BCUT2D eigenvalue weighted by molar-refractivity contribution is 7.18. The molecule has 0 saturated heterocycles. The van der Waals surface area contributed by atoms with E-state index in [0.717, 1.165) is 26.8 Å². The molecular formula is C20H17N3OS2. The second-order valence-electron chi connectivity index (χ2n) is 5.84. The molecule has 0 aliphatic carbocycles. The summed E-state index contributed by atoms with van der Waals surface area (Å²) in [4.78, 5) is 21.3. The Morgan fingerprint density at radius 1 is 0.962 bits per heavy atom. The zero-order chi connectivity index (χ0) is 17.8. The summed E-state index contributed by atoms with van der Waals surface area (Å²) in [6.45, 7) is 0.468. The predicted octanol–water partition coefficient (Wildman–Crippen LogP) is 4.67. The number of aryl methyl sites for hydroxylation is 1. The largest absolute Gasteiger partial charge is 0.350 e. The van der Waals surface area contributed by atoms with Crippen LogP contribution < -0.4 is 5.32 Å². The zero-order valence-corrected chi connectivity index (χ0v) is 15.6. The summed E-state index contributed by atoms with van der Waals surface area (Å²) < 4.78 is 1.17. The zero-order valence-electron chi connectivity index (χ0n) is 14.0. The molecule has 26 heavy (non-hydrogen) atoms. The quantitative estimate of drug-likeness (QED) is 0.530. The minimum absolute atomic E-state index is 0.0284. The molecule has 2 aromatic carbocycles. The summed E-state index contributed by atoms with van der Waals surface area (Å²) in [6.07, 6.45) is 1.11. The number of hydrogen-bond donors (Lipinski definition) is 1. The first kappa shape index (κ1) is 16.9. The number of nitrogens with zero attached hydrogens (tertiary/aromatic N) is 2. The van der Waals surface area contributed by atoms with Crippen molar-refractivity contribution >= 4 is 38.8 Å². The van der Waals surface area contributed by atoms with Crippen LogP contribution in [0.15, 0.2) is 60.0 Å². The molecule has 1 amide bonds. The Bertz CT molecular complexity index is 991. The number of nitrogens with one attached hydrogen (secondary N) is 1. The summed E-state index contributed by atoms with van der Waals surface area (Å²) in [6, 6.07) is 18.1. The molecule has 0 radical (unpaired) electrons. The fourth-order valence-electron chi connectivity index (χ4n) is 2.64. The van der Waals surface area contributed by atoms with Gasteiger partial charge in [-0.05, 0) is 12.1 Å². The van der Waals surface area contributed by atoms with Gasteiger partial charge in [0.25, 0.3) is 0 Å². The third-order valence-electron chi connectivity index (χ3n) is 3.96. The van der Waals surface area contributed by atoms with Gasteiger partial charge in [0.2, 0.25) is 5.91 Å². The van der Waals surface area contributed by atoms with Gasteiger partial charge in [0.05, 0.1) is 27.5 Å². The van der Waals surface area contributed by atoms with E-state index in [9.17, 15) is 4.79 Å². The maximum atomic E-state index is 12.1. The summed E-state index contributed by atoms with van der Waals surface area (Å²) in [5.41, 5.74) is 3.05. The number of carbonyl (C=O) groups is 1. The first-order chi connectivity index (χ1) is 12.8. The first-order valence-corrected chi connectivity index (χ1v) is 10.1. The molecule has 4 rings (SSSR count). The van der Waals surface area contributed by atoms with Crippen molar-refractivity contribution < 1.29 is 4.79 Å². The molecule has 2 aromatic heterocycles. The summed E-state index contributed by atoms with van der Waals surface area (Å²) >= 11 is 3.22. The van der Waals surface area contributed by atoms with E-state index in [-0.39, 0.29) is 5.91 Å². The van der Waals surface area contributed by atoms with Crippen molar-refractivity contribution in [2.75, 3.05) is 0 Å². The van der Waals surface area contributed by atoms with Crippen molar-refractivity contribution in [1.29, 1.82) is 0 Å². The van der Waals surface area contributed by atoms with Gasteiger partial charge in [-0.15, -0.1) is 22.7 Å². The number of carbonyl (C=O) groups excluding carboxylic acids is 1. The van der Waals surface area contributed by atoms with Crippen LogP contribution in [0, 0.1) is 0 Å². The van der Waals surface area contributed by atoms with E-state index >= 15 is 0 Å². The number of thiazole rings is 2. The van der Waals surface area contributed by atoms with Crippen molar-refractivity contribution in [2.24, 2.45) is 0 Å². The number of rotatable bonds is 6. The Balaban J connectivity index is 1.29. The monoisotopic (exact) mass is 379 g/mol. The normalized spacial score (nSPS) is 10.9. The molecule has 0 spiro atoms. The van der Waals surface area contributed by atoms with Gasteiger partial charge < -0.3 is 5.32 Å². The SMILES string of the molecule is O=C(CCc1nc2ccccc2s1)NCc1nc(-c2ccccc2)cs1. The van der Waals surface area contributed by atoms with E-state index in [1.54, 1.807) is 22.7 Å². The number of aromatic nitrogens is 2. The number of para-hydroxylation sites is 1. The molecule has 6 heteroatoms. The summed E-state index contributed by atoms with van der Waals surface area (Å²) in [5, 5.41) is 6.90. The third kappa shape index (κ3) is 3.98. The van der Waals surface area contributed by atoms with E-state index in [4.69, 9.17) is 0 Å². The van der Waals surface area contributed by atoms with Gasteiger partial charge >= 0.3 is 0 Å². The Labute approximate surface area is 159 Å². The maximum Gasteiger partial charge on any atom is 0.220 e. The third-order valence-corrected chi connectivity index (χ3v) is 5.91. The second kappa shape index (κ2) is 7.76. The molecule has 0 atom stereocenters. The lowest BCUT2D eigenvalue weighted by Gasteiger charge is -2.01. The predicted molar refractivity (Wildman–Crippen MR) is 107 cm³/mol. The average Bonchev–Trinajstić information content (AvgIpc) is 3.32. The smallest absolute Gasteiger partial charge is 0.220 e. The van der Waals surface area contributed by atoms with Gasteiger partial charge in [-0.25, -0.2) is 9.97 Å². The average molecular weight is 380 g/mol. The van der Waals surface area contributed by atoms with Gasteiger partial charge in [-0.2, -0.15) is 0 Å². The molecule has 0 unspecified atom stereocenters. The second-order valence-corrected chi connectivity index (χ2v) is 7.90. The van der Waals surface area contributed by atoms with Crippen LogP contribution in [0.4, 0.5) is 0 Å². The van der Waals surface area contributed by atoms with Crippen molar-refractivity contribution in [3.05, 3.63) is 70.0 Å². The molecule has 0 bridgehead atoms. The van der Waals surface area contributed by atoms with E-state index in [2.05, 4.69) is 21.4 Å². The van der Waals surface area contributed by atoms with Crippen LogP contribution in [0.25, 0.3) is 21.5 Å². The number of hydrogen-bond acceptors (Lipinski definition) is 5. The highest BCUT2D eigenvalue weighted by atomic mass is 32.1. The van der Waals surface area contributed by atoms with Crippen LogP contribution in [0.2, 0.25) is 0 Å². The van der Waals surface area contributed by atoms with Crippen LogP contribution in [-0.2, 0) is 17.8 Å². The molecule has 0 aliphatic rings. The van der Waals surface area contributed by atoms with E-state index in [1.165, 1.54) is 4.70 Å². The van der Waals surface area contributed by atoms with Gasteiger partial charge in [0.15, 0.2) is 0 Å². The van der Waals surface area contributed by atoms with E-state index in [1.807, 2.05) is 53.9 Å². The molecule has 130 valence electrons. The van der Waals surface area contributed by atoms with Crippen LogP contribution >= 0.6 is 22.7 Å². The minimum Gasteiger partial charge on any atom is -0.350 e. The standard InChI is InChI=1S/C20H17N3OS2/c24-18(10-11-19-22-15-8-4-5-9-17(15)26-19)21-12-20-23-16(13-25-20)14-6-2-1-3-7-14/h1-9,13H,10-12H2,(H,21,24). The highest BCUT2D eigenvalue weighted by Gasteiger charge is 2.09. The lowest BCUT2D eigenvalue weighted by molar-refractivity contribution is -0.121. The van der Waals surface area contributed by atoms with E-state index < -0.39 is 0 Å². The molecule has 4 nitrogen and oxygen atoms in total. The van der Waals surface area contributed by atoms with Crippen LogP contribution in [0.5, 0.6) is 0 Å².